The minimum Gasteiger partial charge on any atom is -0.455 e. The van der Waals surface area contributed by atoms with Crippen LogP contribution in [0.25, 0.3) is 122 Å². The van der Waals surface area contributed by atoms with E-state index in [1.54, 1.807) is 0 Å². The summed E-state index contributed by atoms with van der Waals surface area (Å²) in [5.74, 6) is 1.75. The number of rotatable bonds is 6. The van der Waals surface area contributed by atoms with Crippen molar-refractivity contribution in [3.63, 3.8) is 0 Å². The maximum absolute atomic E-state index is 6.49. The molecule has 0 amide bonds. The van der Waals surface area contributed by atoms with Crippen molar-refractivity contribution in [3.05, 3.63) is 212 Å². The summed E-state index contributed by atoms with van der Waals surface area (Å²) in [4.78, 5) is 15.5. The number of furan rings is 1. The molecular formula is C57H35N3O. The normalized spacial score (nSPS) is 11.6. The van der Waals surface area contributed by atoms with Crippen LogP contribution in [0.2, 0.25) is 0 Å². The zero-order valence-electron chi connectivity index (χ0n) is 33.0. The van der Waals surface area contributed by atoms with Crippen LogP contribution in [-0.2, 0) is 0 Å². The molecule has 0 saturated heterocycles. The molecule has 2 aromatic heterocycles. The predicted molar refractivity (Wildman–Crippen MR) is 252 cm³/mol. The van der Waals surface area contributed by atoms with Crippen LogP contribution in [0.4, 0.5) is 0 Å². The van der Waals surface area contributed by atoms with Gasteiger partial charge in [0.25, 0.3) is 0 Å². The van der Waals surface area contributed by atoms with Crippen molar-refractivity contribution in [1.29, 1.82) is 0 Å². The van der Waals surface area contributed by atoms with Gasteiger partial charge in [0.1, 0.15) is 11.2 Å². The molecule has 0 aliphatic heterocycles. The second-order valence-electron chi connectivity index (χ2n) is 15.4. The van der Waals surface area contributed by atoms with Gasteiger partial charge in [-0.2, -0.15) is 0 Å². The molecular weight excluding hydrogens is 743 g/mol. The van der Waals surface area contributed by atoms with E-state index in [2.05, 4.69) is 152 Å². The summed E-state index contributed by atoms with van der Waals surface area (Å²) in [7, 11) is 0. The summed E-state index contributed by atoms with van der Waals surface area (Å²) >= 11 is 0. The highest BCUT2D eigenvalue weighted by molar-refractivity contribution is 6.25. The molecule has 0 spiro atoms. The quantitative estimate of drug-likeness (QED) is 0.158. The van der Waals surface area contributed by atoms with E-state index < -0.39 is 0 Å². The average Bonchev–Trinajstić information content (AvgIpc) is 3.72. The average molecular weight is 778 g/mol. The number of fused-ring (bicyclic) bond motifs is 6. The molecule has 0 saturated carbocycles. The molecule has 0 radical (unpaired) electrons. The Hall–Kier alpha value is -8.21. The third kappa shape index (κ3) is 5.80. The van der Waals surface area contributed by atoms with Crippen molar-refractivity contribution >= 4 is 54.3 Å². The molecule has 0 unspecified atom stereocenters. The summed E-state index contributed by atoms with van der Waals surface area (Å²) in [6.45, 7) is 0. The number of aromatic nitrogens is 3. The van der Waals surface area contributed by atoms with E-state index in [9.17, 15) is 0 Å². The zero-order valence-corrected chi connectivity index (χ0v) is 33.0. The monoisotopic (exact) mass is 777 g/mol. The van der Waals surface area contributed by atoms with E-state index in [4.69, 9.17) is 19.4 Å². The van der Waals surface area contributed by atoms with Gasteiger partial charge in [0.2, 0.25) is 0 Å². The highest BCUT2D eigenvalue weighted by Crippen LogP contribution is 2.48. The number of hydrogen-bond acceptors (Lipinski definition) is 4. The molecule has 0 aliphatic carbocycles. The summed E-state index contributed by atoms with van der Waals surface area (Å²) < 4.78 is 6.49. The van der Waals surface area contributed by atoms with E-state index in [0.717, 1.165) is 44.2 Å². The van der Waals surface area contributed by atoms with Crippen LogP contribution in [0.3, 0.4) is 0 Å². The van der Waals surface area contributed by atoms with Crippen molar-refractivity contribution < 1.29 is 4.42 Å². The third-order valence-corrected chi connectivity index (χ3v) is 11.9. The van der Waals surface area contributed by atoms with Crippen LogP contribution >= 0.6 is 0 Å². The molecule has 284 valence electrons. The maximum atomic E-state index is 6.49. The van der Waals surface area contributed by atoms with E-state index in [-0.39, 0.29) is 0 Å². The number of hydrogen-bond donors (Lipinski definition) is 0. The standard InChI is InChI=1S/C57H35N3O/c1-3-17-36(18-4-1)42-34-33-37-19-7-8-24-41(37)52(42)53-46-28-11-9-26-44(46)51(45-27-10-12-29-47(45)53)39-22-15-23-40(35-39)56-58-55(38-20-5-2-6-21-38)59-57(60-56)49-31-16-30-48-43-25-13-14-32-50(43)61-54(48)49/h1-35H. The molecule has 0 atom stereocenters. The molecule has 10 aromatic carbocycles. The van der Waals surface area contributed by atoms with E-state index >= 15 is 0 Å². The van der Waals surface area contributed by atoms with Gasteiger partial charge in [0.15, 0.2) is 17.5 Å². The smallest absolute Gasteiger partial charge is 0.167 e. The van der Waals surface area contributed by atoms with Crippen molar-refractivity contribution in [2.24, 2.45) is 0 Å². The first-order valence-corrected chi connectivity index (χ1v) is 20.6. The summed E-state index contributed by atoms with van der Waals surface area (Å²) in [6, 6.07) is 74.8. The lowest BCUT2D eigenvalue weighted by molar-refractivity contribution is 0.669. The van der Waals surface area contributed by atoms with Crippen LogP contribution < -0.4 is 0 Å². The minimum atomic E-state index is 0.559. The Balaban J connectivity index is 1.09. The first-order chi connectivity index (χ1) is 30.3. The minimum absolute atomic E-state index is 0.559. The zero-order chi connectivity index (χ0) is 40.3. The Labute approximate surface area is 352 Å². The van der Waals surface area contributed by atoms with E-state index in [1.807, 2.05) is 60.7 Å². The van der Waals surface area contributed by atoms with Gasteiger partial charge >= 0.3 is 0 Å². The van der Waals surface area contributed by atoms with Gasteiger partial charge in [0.05, 0.1) is 5.56 Å². The van der Waals surface area contributed by atoms with Crippen molar-refractivity contribution in [3.8, 4) is 67.5 Å². The molecule has 0 bridgehead atoms. The lowest BCUT2D eigenvalue weighted by atomic mass is 9.82. The SMILES string of the molecule is c1ccc(-c2nc(-c3cccc(-c4c5ccccc5c(-c5c(-c6ccccc6)ccc6ccccc56)c5ccccc45)c3)nc(-c3cccc4c3oc3ccccc34)n2)cc1. The van der Waals surface area contributed by atoms with Crippen LogP contribution in [0.1, 0.15) is 0 Å². The lowest BCUT2D eigenvalue weighted by Crippen LogP contribution is -2.00. The summed E-state index contributed by atoms with van der Waals surface area (Å²) in [5.41, 5.74) is 11.3. The largest absolute Gasteiger partial charge is 0.455 e. The van der Waals surface area contributed by atoms with Gasteiger partial charge in [-0.05, 0) is 83.9 Å². The molecule has 12 rings (SSSR count). The van der Waals surface area contributed by atoms with Gasteiger partial charge in [0, 0.05) is 21.9 Å². The van der Waals surface area contributed by atoms with E-state index in [1.165, 1.54) is 60.1 Å². The molecule has 4 heteroatoms. The predicted octanol–water partition coefficient (Wildman–Crippen LogP) is 15.2. The van der Waals surface area contributed by atoms with Crippen molar-refractivity contribution in [1.82, 2.24) is 15.0 Å². The van der Waals surface area contributed by atoms with Gasteiger partial charge in [-0.1, -0.05) is 194 Å². The Kier molecular flexibility index (Phi) is 8.13. The topological polar surface area (TPSA) is 51.8 Å². The van der Waals surface area contributed by atoms with Crippen LogP contribution in [-0.4, -0.2) is 15.0 Å². The van der Waals surface area contributed by atoms with Gasteiger partial charge in [-0.25, -0.2) is 15.0 Å². The Morgan fingerprint density at radius 3 is 1.51 bits per heavy atom. The van der Waals surface area contributed by atoms with E-state index in [0.29, 0.717) is 17.5 Å². The van der Waals surface area contributed by atoms with Crippen LogP contribution in [0.15, 0.2) is 217 Å². The first-order valence-electron chi connectivity index (χ1n) is 20.6. The number of nitrogens with zero attached hydrogens (tertiary/aromatic N) is 3. The molecule has 0 fully saturated rings. The summed E-state index contributed by atoms with van der Waals surface area (Å²) in [5, 5.41) is 9.28. The van der Waals surface area contributed by atoms with Gasteiger partial charge in [-0.3, -0.25) is 0 Å². The fourth-order valence-corrected chi connectivity index (χ4v) is 9.19. The van der Waals surface area contributed by atoms with Crippen molar-refractivity contribution in [2.75, 3.05) is 0 Å². The maximum Gasteiger partial charge on any atom is 0.167 e. The Bertz CT molecular complexity index is 3590. The molecule has 4 nitrogen and oxygen atoms in total. The highest BCUT2D eigenvalue weighted by atomic mass is 16.3. The van der Waals surface area contributed by atoms with Crippen LogP contribution in [0, 0.1) is 0 Å². The first kappa shape index (κ1) is 34.8. The van der Waals surface area contributed by atoms with Crippen molar-refractivity contribution in [2.45, 2.75) is 0 Å². The Morgan fingerprint density at radius 2 is 0.787 bits per heavy atom. The van der Waals surface area contributed by atoms with Gasteiger partial charge < -0.3 is 4.42 Å². The fraction of sp³-hybridized carbons (Fsp3) is 0. The molecule has 2 heterocycles. The highest BCUT2D eigenvalue weighted by Gasteiger charge is 2.22. The number of para-hydroxylation sites is 2. The lowest BCUT2D eigenvalue weighted by Gasteiger charge is -2.21. The molecule has 0 aliphatic rings. The molecule has 0 N–H and O–H groups in total. The molecule has 61 heavy (non-hydrogen) atoms. The van der Waals surface area contributed by atoms with Crippen LogP contribution in [0.5, 0.6) is 0 Å². The molecule has 12 aromatic rings. The third-order valence-electron chi connectivity index (χ3n) is 11.9. The second kappa shape index (κ2) is 14.3. The summed E-state index contributed by atoms with van der Waals surface area (Å²) in [6.07, 6.45) is 0. The second-order valence-corrected chi connectivity index (χ2v) is 15.4. The van der Waals surface area contributed by atoms with Gasteiger partial charge in [-0.15, -0.1) is 0 Å². The number of benzene rings is 10. The Morgan fingerprint density at radius 1 is 0.279 bits per heavy atom. The fourth-order valence-electron chi connectivity index (χ4n) is 9.19.